The summed E-state index contributed by atoms with van der Waals surface area (Å²) < 4.78 is 2.43. The van der Waals surface area contributed by atoms with Crippen molar-refractivity contribution in [1.82, 2.24) is 4.57 Å². The highest BCUT2D eigenvalue weighted by atomic mass is 15.2. The highest BCUT2D eigenvalue weighted by Crippen LogP contribution is 2.64. The van der Waals surface area contributed by atoms with E-state index in [4.69, 9.17) is 0 Å². The summed E-state index contributed by atoms with van der Waals surface area (Å²) in [6.07, 6.45) is 11.5. The van der Waals surface area contributed by atoms with Crippen LogP contribution >= 0.6 is 0 Å². The summed E-state index contributed by atoms with van der Waals surface area (Å²) in [5.74, 6) is 0. The zero-order valence-electron chi connectivity index (χ0n) is 43.2. The number of nitrogens with zero attached hydrogens (tertiary/aromatic N) is 2. The van der Waals surface area contributed by atoms with Crippen molar-refractivity contribution in [1.29, 1.82) is 0 Å². The minimum absolute atomic E-state index is 0.0259. The van der Waals surface area contributed by atoms with Gasteiger partial charge in [-0.15, -0.1) is 0 Å². The summed E-state index contributed by atoms with van der Waals surface area (Å²) in [6, 6.07) is 94.2. The average Bonchev–Trinajstić information content (AvgIpc) is 4.32. The molecule has 16 rings (SSSR count). The van der Waals surface area contributed by atoms with E-state index in [0.29, 0.717) is 0 Å². The molecule has 2 atom stereocenters. The molecule has 77 heavy (non-hydrogen) atoms. The third-order valence-electron chi connectivity index (χ3n) is 18.7. The van der Waals surface area contributed by atoms with Gasteiger partial charge in [-0.2, -0.15) is 0 Å². The molecule has 2 nitrogen and oxygen atoms in total. The molecule has 0 aliphatic heterocycles. The van der Waals surface area contributed by atoms with Gasteiger partial charge in [-0.1, -0.05) is 237 Å². The van der Waals surface area contributed by atoms with E-state index in [2.05, 4.69) is 283 Å². The lowest BCUT2D eigenvalue weighted by atomic mass is 9.67. The molecule has 2 heteroatoms. The number of rotatable bonds is 7. The lowest BCUT2D eigenvalue weighted by Crippen LogP contribution is -2.39. The molecule has 5 aliphatic carbocycles. The molecule has 0 fully saturated rings. The van der Waals surface area contributed by atoms with Gasteiger partial charge in [-0.3, -0.25) is 0 Å². The van der Waals surface area contributed by atoms with Crippen molar-refractivity contribution < 1.29 is 0 Å². The summed E-state index contributed by atoms with van der Waals surface area (Å²) >= 11 is 0. The Balaban J connectivity index is 0.847. The quantitative estimate of drug-likeness (QED) is 0.154. The standard InChI is InChI=1S/C75H56N2/c1-73(50-38-42-54(43-39-50)77-69-35-17-10-26-60(69)61-27-11-18-36-70(61)77)48-46-55(47-49-73)76(53-44-40-52(41-45-53)74(51-20-3-2-4-21-51)63-29-12-5-22-56(63)57-23-6-13-30-64(57)74)71-37-19-34-68-72(71)62-28-9-16-33-67(62)75(68)65-31-14-7-24-58(65)59-25-8-15-32-66(59)75/h2-36,38-46,71H,37,47-49H2,1H3. The highest BCUT2D eigenvalue weighted by Gasteiger charge is 2.54. The molecule has 366 valence electrons. The van der Waals surface area contributed by atoms with Crippen LogP contribution in [0.2, 0.25) is 0 Å². The Morgan fingerprint density at radius 3 is 1.43 bits per heavy atom. The minimum atomic E-state index is -0.468. The fourth-order valence-electron chi connectivity index (χ4n) is 15.4. The third kappa shape index (κ3) is 6.07. The second-order valence-corrected chi connectivity index (χ2v) is 22.4. The van der Waals surface area contributed by atoms with Crippen molar-refractivity contribution >= 4 is 33.1 Å². The molecule has 1 aromatic heterocycles. The van der Waals surface area contributed by atoms with Crippen LogP contribution < -0.4 is 4.90 Å². The van der Waals surface area contributed by atoms with Crippen molar-refractivity contribution in [3.63, 3.8) is 0 Å². The summed E-state index contributed by atoms with van der Waals surface area (Å²) in [4.78, 5) is 2.78. The summed E-state index contributed by atoms with van der Waals surface area (Å²) in [6.45, 7) is 2.49. The number of aromatic nitrogens is 1. The van der Waals surface area contributed by atoms with Crippen LogP contribution in [0.3, 0.4) is 0 Å². The zero-order valence-corrected chi connectivity index (χ0v) is 43.2. The molecular weight excluding hydrogens is 929 g/mol. The van der Waals surface area contributed by atoms with Crippen LogP contribution in [-0.4, -0.2) is 10.6 Å². The van der Waals surface area contributed by atoms with Gasteiger partial charge in [0.15, 0.2) is 0 Å². The monoisotopic (exact) mass is 984 g/mol. The van der Waals surface area contributed by atoms with E-state index >= 15 is 0 Å². The number of benzene rings is 10. The van der Waals surface area contributed by atoms with E-state index < -0.39 is 10.8 Å². The molecule has 0 saturated heterocycles. The lowest BCUT2D eigenvalue weighted by molar-refractivity contribution is 0.413. The molecule has 5 aliphatic rings. The van der Waals surface area contributed by atoms with E-state index in [9.17, 15) is 0 Å². The van der Waals surface area contributed by atoms with Crippen LogP contribution in [0.1, 0.15) is 82.7 Å². The molecule has 10 aromatic carbocycles. The van der Waals surface area contributed by atoms with E-state index in [1.165, 1.54) is 122 Å². The summed E-state index contributed by atoms with van der Waals surface area (Å²) in [5.41, 5.74) is 25.8. The third-order valence-corrected chi connectivity index (χ3v) is 18.7. The van der Waals surface area contributed by atoms with Gasteiger partial charge in [0.2, 0.25) is 0 Å². The van der Waals surface area contributed by atoms with Crippen LogP contribution in [0.4, 0.5) is 5.69 Å². The Morgan fingerprint density at radius 2 is 0.883 bits per heavy atom. The van der Waals surface area contributed by atoms with E-state index in [0.717, 1.165) is 25.7 Å². The molecule has 0 radical (unpaired) electrons. The molecule has 0 N–H and O–H groups in total. The molecule has 0 saturated carbocycles. The normalized spacial score (nSPS) is 18.9. The van der Waals surface area contributed by atoms with Crippen LogP contribution in [0.5, 0.6) is 0 Å². The molecular formula is C75H56N2. The largest absolute Gasteiger partial charge is 0.338 e. The fourth-order valence-corrected chi connectivity index (χ4v) is 15.4. The van der Waals surface area contributed by atoms with Gasteiger partial charge in [0.05, 0.1) is 27.9 Å². The van der Waals surface area contributed by atoms with E-state index in [-0.39, 0.29) is 11.5 Å². The number of fused-ring (bicyclic) bond motifs is 15. The lowest BCUT2D eigenvalue weighted by Gasteiger charge is -2.43. The average molecular weight is 985 g/mol. The van der Waals surface area contributed by atoms with Crippen LogP contribution in [0.25, 0.3) is 55.3 Å². The van der Waals surface area contributed by atoms with Crippen molar-refractivity contribution in [2.24, 2.45) is 0 Å². The summed E-state index contributed by atoms with van der Waals surface area (Å²) in [5, 5.41) is 2.58. The number of hydrogen-bond donors (Lipinski definition) is 0. The number of hydrogen-bond acceptors (Lipinski definition) is 1. The van der Waals surface area contributed by atoms with Gasteiger partial charge < -0.3 is 9.47 Å². The number of para-hydroxylation sites is 2. The maximum absolute atomic E-state index is 2.78. The predicted molar refractivity (Wildman–Crippen MR) is 319 cm³/mol. The van der Waals surface area contributed by atoms with Crippen molar-refractivity contribution in [2.45, 2.75) is 54.9 Å². The Morgan fingerprint density at radius 1 is 0.429 bits per heavy atom. The maximum atomic E-state index is 2.78. The van der Waals surface area contributed by atoms with Gasteiger partial charge in [0.1, 0.15) is 0 Å². The van der Waals surface area contributed by atoms with Gasteiger partial charge >= 0.3 is 0 Å². The predicted octanol–water partition coefficient (Wildman–Crippen LogP) is 18.1. The first-order valence-electron chi connectivity index (χ1n) is 27.7. The van der Waals surface area contributed by atoms with Gasteiger partial charge in [-0.25, -0.2) is 0 Å². The number of anilines is 1. The molecule has 1 spiro atoms. The Hall–Kier alpha value is -8.98. The van der Waals surface area contributed by atoms with Crippen LogP contribution in [0, 0.1) is 0 Å². The second-order valence-electron chi connectivity index (χ2n) is 22.4. The van der Waals surface area contributed by atoms with Gasteiger partial charge in [-0.05, 0) is 151 Å². The van der Waals surface area contributed by atoms with Crippen molar-refractivity contribution in [3.8, 4) is 27.9 Å². The van der Waals surface area contributed by atoms with Crippen molar-refractivity contribution in [2.75, 3.05) is 4.90 Å². The SMILES string of the molecule is CC1(c2ccc(-n3c4ccccc4c4ccccc43)cc2)CC=C(N(c2ccc(C3(c4ccccc4)c4ccccc4-c4ccccc43)cc2)C2CC=CC3=C2c2ccccc2C32c3ccccc3-c3ccccc32)CC1. The first-order valence-corrected chi connectivity index (χ1v) is 27.7. The van der Waals surface area contributed by atoms with Gasteiger partial charge in [0, 0.05) is 27.8 Å². The van der Waals surface area contributed by atoms with Crippen LogP contribution in [0.15, 0.2) is 278 Å². The highest BCUT2D eigenvalue weighted by molar-refractivity contribution is 6.09. The summed E-state index contributed by atoms with van der Waals surface area (Å²) in [7, 11) is 0. The topological polar surface area (TPSA) is 8.17 Å². The molecule has 2 unspecified atom stereocenters. The smallest absolute Gasteiger partial charge is 0.0722 e. The van der Waals surface area contributed by atoms with E-state index in [1.807, 2.05) is 0 Å². The fraction of sp³-hybridized carbons (Fsp3) is 0.120. The Bertz CT molecular complexity index is 4150. The van der Waals surface area contributed by atoms with Crippen LogP contribution in [-0.2, 0) is 16.2 Å². The molecule has 1 heterocycles. The first kappa shape index (κ1) is 44.3. The Labute approximate surface area is 451 Å². The zero-order chi connectivity index (χ0) is 50.9. The Kier molecular flexibility index (Phi) is 9.65. The molecule has 0 amide bonds. The second kappa shape index (κ2) is 16.8. The first-order chi connectivity index (χ1) is 38.1. The molecule has 0 bridgehead atoms. The van der Waals surface area contributed by atoms with E-state index in [1.54, 1.807) is 0 Å². The maximum Gasteiger partial charge on any atom is 0.0722 e. The van der Waals surface area contributed by atoms with Gasteiger partial charge in [0.25, 0.3) is 0 Å². The molecule has 11 aromatic rings. The minimum Gasteiger partial charge on any atom is -0.338 e. The number of allylic oxidation sites excluding steroid dienone is 4. The van der Waals surface area contributed by atoms with Crippen molar-refractivity contribution in [3.05, 3.63) is 328 Å².